The zero-order valence-electron chi connectivity index (χ0n) is 11.7. The molecule has 0 saturated heterocycles. The lowest BCUT2D eigenvalue weighted by Crippen LogP contribution is -2.13. The van der Waals surface area contributed by atoms with Gasteiger partial charge in [0, 0.05) is 23.5 Å². The number of aromatic nitrogens is 2. The minimum absolute atomic E-state index is 0.199. The maximum absolute atomic E-state index is 11.0. The molecule has 6 nitrogen and oxygen atoms in total. The van der Waals surface area contributed by atoms with Gasteiger partial charge in [0.05, 0.1) is 18.4 Å². The van der Waals surface area contributed by atoms with Crippen LogP contribution < -0.4 is 4.74 Å². The van der Waals surface area contributed by atoms with Crippen molar-refractivity contribution in [3.63, 3.8) is 0 Å². The van der Waals surface area contributed by atoms with E-state index in [1.807, 2.05) is 6.92 Å². The Morgan fingerprint density at radius 2 is 2.14 bits per heavy atom. The van der Waals surface area contributed by atoms with Gasteiger partial charge in [-0.15, -0.1) is 0 Å². The second-order valence-corrected chi connectivity index (χ2v) is 4.21. The highest BCUT2D eigenvalue weighted by Crippen LogP contribution is 2.22. The zero-order chi connectivity index (χ0) is 15.2. The molecular formula is C15H13N3O3. The second kappa shape index (κ2) is 6.48. The summed E-state index contributed by atoms with van der Waals surface area (Å²) in [4.78, 5) is 19.4. The normalized spacial score (nSPS) is 9.76. The summed E-state index contributed by atoms with van der Waals surface area (Å²) in [6, 6.07) is 8.96. The highest BCUT2D eigenvalue weighted by molar-refractivity contribution is 5.71. The molecular weight excluding hydrogens is 270 g/mol. The lowest BCUT2D eigenvalue weighted by molar-refractivity contribution is -0.143. The third kappa shape index (κ3) is 3.54. The van der Waals surface area contributed by atoms with Gasteiger partial charge in [-0.3, -0.25) is 4.98 Å². The molecule has 0 radical (unpaired) electrons. The lowest BCUT2D eigenvalue weighted by Gasteiger charge is -2.06. The predicted molar refractivity (Wildman–Crippen MR) is 74.4 cm³/mol. The van der Waals surface area contributed by atoms with Crippen molar-refractivity contribution in [2.45, 2.75) is 6.92 Å². The number of carbonyl (C=O) groups excluding carboxylic acids is 1. The van der Waals surface area contributed by atoms with E-state index in [1.165, 1.54) is 7.11 Å². The maximum atomic E-state index is 11.0. The number of hydrogen-bond acceptors (Lipinski definition) is 6. The molecule has 0 aliphatic carbocycles. The first-order valence-corrected chi connectivity index (χ1v) is 6.18. The Labute approximate surface area is 122 Å². The van der Waals surface area contributed by atoms with Crippen molar-refractivity contribution < 1.29 is 14.3 Å². The van der Waals surface area contributed by atoms with Gasteiger partial charge in [-0.2, -0.15) is 5.26 Å². The topological polar surface area (TPSA) is 85.1 Å². The molecule has 0 aromatic carbocycles. The van der Waals surface area contributed by atoms with Gasteiger partial charge < -0.3 is 9.47 Å². The summed E-state index contributed by atoms with van der Waals surface area (Å²) in [6.45, 7) is 1.65. The van der Waals surface area contributed by atoms with E-state index in [1.54, 1.807) is 30.5 Å². The zero-order valence-corrected chi connectivity index (χ0v) is 11.7. The van der Waals surface area contributed by atoms with Crippen LogP contribution in [0.15, 0.2) is 30.5 Å². The van der Waals surface area contributed by atoms with Crippen LogP contribution in [0.3, 0.4) is 0 Å². The van der Waals surface area contributed by atoms with E-state index in [2.05, 4.69) is 20.8 Å². The van der Waals surface area contributed by atoms with Crippen LogP contribution in [-0.4, -0.2) is 29.7 Å². The average molecular weight is 283 g/mol. The van der Waals surface area contributed by atoms with Gasteiger partial charge >= 0.3 is 5.97 Å². The van der Waals surface area contributed by atoms with Crippen molar-refractivity contribution in [3.05, 3.63) is 41.7 Å². The Hall–Kier alpha value is -2.94. The molecule has 0 amide bonds. The molecule has 0 unspecified atom stereocenters. The first-order chi connectivity index (χ1) is 10.1. The third-order valence-corrected chi connectivity index (χ3v) is 2.73. The predicted octanol–water partition coefficient (Wildman–Crippen LogP) is 1.88. The summed E-state index contributed by atoms with van der Waals surface area (Å²) in [5.74, 6) is -0.177. The number of nitrogens with zero attached hydrogens (tertiary/aromatic N) is 3. The summed E-state index contributed by atoms with van der Waals surface area (Å²) in [5.41, 5.74) is 2.57. The Morgan fingerprint density at radius 1 is 1.33 bits per heavy atom. The quantitative estimate of drug-likeness (QED) is 0.796. The van der Waals surface area contributed by atoms with Gasteiger partial charge in [0.25, 0.3) is 0 Å². The molecule has 0 saturated carbocycles. The van der Waals surface area contributed by atoms with Crippen molar-refractivity contribution in [1.82, 2.24) is 9.97 Å². The van der Waals surface area contributed by atoms with Gasteiger partial charge in [-0.25, -0.2) is 9.78 Å². The minimum atomic E-state index is -0.479. The van der Waals surface area contributed by atoms with Crippen molar-refractivity contribution in [3.8, 4) is 23.2 Å². The molecule has 0 aliphatic heterocycles. The van der Waals surface area contributed by atoms with E-state index in [9.17, 15) is 4.79 Å². The maximum Gasteiger partial charge on any atom is 0.343 e. The number of rotatable bonds is 4. The third-order valence-electron chi connectivity index (χ3n) is 2.73. The van der Waals surface area contributed by atoms with Crippen LogP contribution in [0.4, 0.5) is 0 Å². The molecule has 6 heteroatoms. The van der Waals surface area contributed by atoms with E-state index in [0.717, 1.165) is 5.69 Å². The van der Waals surface area contributed by atoms with Gasteiger partial charge in [0.2, 0.25) is 5.88 Å². The van der Waals surface area contributed by atoms with Crippen LogP contribution in [0, 0.1) is 18.3 Å². The number of ether oxygens (including phenoxy) is 2. The van der Waals surface area contributed by atoms with Crippen molar-refractivity contribution >= 4 is 5.97 Å². The molecule has 2 aromatic heterocycles. The monoisotopic (exact) mass is 283 g/mol. The number of nitriles is 1. The highest BCUT2D eigenvalue weighted by atomic mass is 16.6. The Balaban J connectivity index is 2.21. The summed E-state index contributed by atoms with van der Waals surface area (Å²) in [5, 5.41) is 9.11. The van der Waals surface area contributed by atoms with Crippen LogP contribution in [0.2, 0.25) is 0 Å². The number of aryl methyl sites for hydroxylation is 1. The van der Waals surface area contributed by atoms with Gasteiger partial charge in [0.15, 0.2) is 6.61 Å². The molecule has 0 N–H and O–H groups in total. The first kappa shape index (κ1) is 14.5. The average Bonchev–Trinajstić information content (AvgIpc) is 2.53. The Bertz CT molecular complexity index is 690. The van der Waals surface area contributed by atoms with Gasteiger partial charge in [0.1, 0.15) is 6.07 Å². The van der Waals surface area contributed by atoms with E-state index in [4.69, 9.17) is 10.00 Å². The molecule has 0 spiro atoms. The molecule has 0 aliphatic rings. The molecule has 2 aromatic rings. The van der Waals surface area contributed by atoms with E-state index in [-0.39, 0.29) is 6.61 Å². The van der Waals surface area contributed by atoms with Crippen LogP contribution in [-0.2, 0) is 9.53 Å². The number of pyridine rings is 2. The molecule has 106 valence electrons. The minimum Gasteiger partial charge on any atom is -0.466 e. The van der Waals surface area contributed by atoms with E-state index >= 15 is 0 Å². The number of esters is 1. The molecule has 2 heterocycles. The Kier molecular flexibility index (Phi) is 4.46. The summed E-state index contributed by atoms with van der Waals surface area (Å²) in [7, 11) is 1.29. The van der Waals surface area contributed by atoms with Crippen molar-refractivity contribution in [1.29, 1.82) is 5.26 Å². The summed E-state index contributed by atoms with van der Waals surface area (Å²) < 4.78 is 9.63. The fourth-order valence-electron chi connectivity index (χ4n) is 1.66. The van der Waals surface area contributed by atoms with Crippen LogP contribution >= 0.6 is 0 Å². The summed E-state index contributed by atoms with van der Waals surface area (Å²) in [6.07, 6.45) is 1.55. The number of methoxy groups -OCH3 is 1. The second-order valence-electron chi connectivity index (χ2n) is 4.21. The molecule has 2 rings (SSSR count). The SMILES string of the molecule is COC(=O)COc1ccc(-c2nc(C)ccc2C#N)cn1. The van der Waals surface area contributed by atoms with Crippen LogP contribution in [0.5, 0.6) is 5.88 Å². The fourth-order valence-corrected chi connectivity index (χ4v) is 1.66. The van der Waals surface area contributed by atoms with Gasteiger partial charge in [-0.05, 0) is 25.1 Å². The first-order valence-electron chi connectivity index (χ1n) is 6.18. The largest absolute Gasteiger partial charge is 0.466 e. The fraction of sp³-hybridized carbons (Fsp3) is 0.200. The smallest absolute Gasteiger partial charge is 0.343 e. The molecule has 0 bridgehead atoms. The van der Waals surface area contributed by atoms with E-state index < -0.39 is 5.97 Å². The van der Waals surface area contributed by atoms with Crippen LogP contribution in [0.1, 0.15) is 11.3 Å². The van der Waals surface area contributed by atoms with Crippen molar-refractivity contribution in [2.24, 2.45) is 0 Å². The van der Waals surface area contributed by atoms with Gasteiger partial charge in [-0.1, -0.05) is 0 Å². The number of hydrogen-bond donors (Lipinski definition) is 0. The Morgan fingerprint density at radius 3 is 2.76 bits per heavy atom. The summed E-state index contributed by atoms with van der Waals surface area (Å²) >= 11 is 0. The van der Waals surface area contributed by atoms with Crippen LogP contribution in [0.25, 0.3) is 11.3 Å². The van der Waals surface area contributed by atoms with E-state index in [0.29, 0.717) is 22.7 Å². The van der Waals surface area contributed by atoms with Crippen molar-refractivity contribution in [2.75, 3.05) is 13.7 Å². The molecule has 0 atom stereocenters. The number of carbonyl (C=O) groups is 1. The lowest BCUT2D eigenvalue weighted by atomic mass is 10.1. The highest BCUT2D eigenvalue weighted by Gasteiger charge is 2.09. The molecule has 21 heavy (non-hydrogen) atoms. The standard InChI is InChI=1S/C15H13N3O3/c1-10-3-4-11(7-16)15(18-10)12-5-6-13(17-8-12)21-9-14(19)20-2/h3-6,8H,9H2,1-2H3. The molecule has 0 fully saturated rings.